The summed E-state index contributed by atoms with van der Waals surface area (Å²) in [7, 11) is 0. The van der Waals surface area contributed by atoms with Crippen LogP contribution in [0.1, 0.15) is 174 Å². The molecule has 5 heterocycles. The summed E-state index contributed by atoms with van der Waals surface area (Å²) in [5, 5.41) is 26.3. The van der Waals surface area contributed by atoms with Crippen molar-refractivity contribution < 1.29 is 34.0 Å². The zero-order valence-corrected chi connectivity index (χ0v) is 36.2. The molecule has 58 heavy (non-hydrogen) atoms. The van der Waals surface area contributed by atoms with Crippen molar-refractivity contribution in [1.82, 2.24) is 15.1 Å². The third kappa shape index (κ3) is 12.4. The van der Waals surface area contributed by atoms with Crippen LogP contribution in [0.4, 0.5) is 0 Å². The number of guanidine groups is 1. The second kappa shape index (κ2) is 23.1. The lowest BCUT2D eigenvalue weighted by Crippen LogP contribution is -2.75. The molecule has 5 rings (SSSR count). The second-order valence-electron chi connectivity index (χ2n) is 18.1. The Bertz CT molecular complexity index is 1340. The van der Waals surface area contributed by atoms with Crippen LogP contribution in [0.15, 0.2) is 17.1 Å². The fraction of sp³-hybridized carbons (Fsp3) is 0.889. The smallest absolute Gasteiger partial charge is 0.318 e. The maximum Gasteiger partial charge on any atom is 0.318 e. The van der Waals surface area contributed by atoms with Crippen molar-refractivity contribution in [2.75, 3.05) is 32.8 Å². The normalized spacial score (nSPS) is 30.8. The first-order valence-electron chi connectivity index (χ1n) is 23.5. The van der Waals surface area contributed by atoms with Crippen molar-refractivity contribution in [3.8, 4) is 0 Å². The van der Waals surface area contributed by atoms with Crippen LogP contribution in [0.2, 0.25) is 0 Å². The van der Waals surface area contributed by atoms with Gasteiger partial charge in [-0.3, -0.25) is 9.59 Å². The number of esters is 1. The minimum atomic E-state index is -1.43. The number of carbonyl (C=O) groups excluding carboxylic acids is 2. The summed E-state index contributed by atoms with van der Waals surface area (Å²) in [4.78, 5) is 35.8. The summed E-state index contributed by atoms with van der Waals surface area (Å²) >= 11 is 0. The van der Waals surface area contributed by atoms with E-state index in [9.17, 15) is 19.8 Å². The lowest BCUT2D eigenvalue weighted by Gasteiger charge is -2.58. The summed E-state index contributed by atoms with van der Waals surface area (Å²) < 4.78 is 19.3. The largest absolute Gasteiger partial charge is 0.465 e. The maximum absolute atomic E-state index is 14.1. The summed E-state index contributed by atoms with van der Waals surface area (Å²) in [5.41, 5.74) is 8.03. The van der Waals surface area contributed by atoms with Gasteiger partial charge in [-0.2, -0.15) is 0 Å². The SMILES string of the molecule is CCC1C=CCCC2(CC3CCC4(O)C(C(=O)OCCCCCCCCCCCCCCCC(=O)N(CCCN)CC(O)CCN)C5(CCCC(C)O5)N=C(N2)N34)O1. The minimum Gasteiger partial charge on any atom is -0.465 e. The van der Waals surface area contributed by atoms with Gasteiger partial charge in [0.05, 0.1) is 24.9 Å². The van der Waals surface area contributed by atoms with E-state index >= 15 is 0 Å². The highest BCUT2D eigenvalue weighted by Gasteiger charge is 2.69. The zero-order chi connectivity index (χ0) is 41.4. The number of aliphatic hydroxyl groups is 2. The van der Waals surface area contributed by atoms with Gasteiger partial charge in [0.15, 0.2) is 17.4 Å². The van der Waals surface area contributed by atoms with Crippen molar-refractivity contribution in [3.05, 3.63) is 12.2 Å². The molecule has 0 bridgehead atoms. The molecule has 13 nitrogen and oxygen atoms in total. The highest BCUT2D eigenvalue weighted by molar-refractivity contribution is 5.87. The summed E-state index contributed by atoms with van der Waals surface area (Å²) in [6.45, 7) is 6.41. The molecule has 0 aromatic carbocycles. The lowest BCUT2D eigenvalue weighted by atomic mass is 9.78. The number of carbonyl (C=O) groups is 2. The summed E-state index contributed by atoms with van der Waals surface area (Å²) in [6.07, 6.45) is 27.1. The van der Waals surface area contributed by atoms with Gasteiger partial charge in [0, 0.05) is 32.0 Å². The van der Waals surface area contributed by atoms with E-state index in [1.54, 1.807) is 4.90 Å². The van der Waals surface area contributed by atoms with Crippen LogP contribution in [-0.2, 0) is 23.8 Å². The molecule has 13 heteroatoms. The van der Waals surface area contributed by atoms with Gasteiger partial charge in [-0.05, 0) is 97.1 Å². The van der Waals surface area contributed by atoms with Crippen LogP contribution >= 0.6 is 0 Å². The number of rotatable bonds is 25. The van der Waals surface area contributed by atoms with Crippen LogP contribution in [0.5, 0.6) is 0 Å². The van der Waals surface area contributed by atoms with E-state index in [2.05, 4.69) is 24.4 Å². The summed E-state index contributed by atoms with van der Waals surface area (Å²) in [6, 6.07) is 0.0149. The molecule has 0 radical (unpaired) electrons. The monoisotopic (exact) mass is 817 g/mol. The van der Waals surface area contributed by atoms with Crippen molar-refractivity contribution in [2.24, 2.45) is 22.4 Å². The van der Waals surface area contributed by atoms with Gasteiger partial charge in [-0.15, -0.1) is 0 Å². The van der Waals surface area contributed by atoms with Gasteiger partial charge < -0.3 is 51.0 Å². The number of nitrogens with zero attached hydrogens (tertiary/aromatic N) is 3. The maximum atomic E-state index is 14.1. The zero-order valence-electron chi connectivity index (χ0n) is 36.2. The molecule has 0 aliphatic carbocycles. The minimum absolute atomic E-state index is 0.0149. The van der Waals surface area contributed by atoms with Crippen LogP contribution in [0, 0.1) is 5.92 Å². The Balaban J connectivity index is 0.964. The van der Waals surface area contributed by atoms with E-state index in [-0.39, 0.29) is 24.2 Å². The van der Waals surface area contributed by atoms with E-state index in [1.807, 2.05) is 11.8 Å². The number of allylic oxidation sites excluding steroid dienone is 1. The second-order valence-corrected chi connectivity index (χ2v) is 18.1. The Hall–Kier alpha value is -2.29. The van der Waals surface area contributed by atoms with E-state index in [0.717, 1.165) is 89.9 Å². The molecule has 5 aliphatic heterocycles. The topological polar surface area (TPSA) is 185 Å². The fourth-order valence-electron chi connectivity index (χ4n) is 10.2. The Morgan fingerprint density at radius 3 is 2.31 bits per heavy atom. The van der Waals surface area contributed by atoms with Crippen LogP contribution in [-0.4, -0.2) is 112 Å². The van der Waals surface area contributed by atoms with Gasteiger partial charge in [-0.25, -0.2) is 4.99 Å². The number of aliphatic imine (C=N–C) groups is 1. The van der Waals surface area contributed by atoms with Gasteiger partial charge in [0.1, 0.15) is 5.72 Å². The molecule has 8 unspecified atom stereocenters. The number of hydrogen-bond donors (Lipinski definition) is 5. The van der Waals surface area contributed by atoms with Crippen molar-refractivity contribution in [3.63, 3.8) is 0 Å². The molecular weight excluding hydrogens is 737 g/mol. The predicted octanol–water partition coefficient (Wildman–Crippen LogP) is 6.14. The number of unbranched alkanes of at least 4 members (excludes halogenated alkanes) is 12. The number of aliphatic hydroxyl groups excluding tert-OH is 1. The van der Waals surface area contributed by atoms with Crippen LogP contribution in [0.3, 0.4) is 0 Å². The number of nitrogens with one attached hydrogen (secondary N) is 1. The van der Waals surface area contributed by atoms with Crippen LogP contribution in [0.25, 0.3) is 0 Å². The standard InChI is InChI=1S/C45H80N6O7/c1-3-38-22-16-17-26-43(58-38)33-36-24-28-45(55)40(44(27-19-21-35(2)57-44)49-42(48-43)51(36)45)41(54)56-32-18-14-12-10-8-6-4-5-7-9-11-13-15-23-39(53)50(31-20-29-46)34-37(52)25-30-47/h16,22,35-38,40,52,55H,3-15,17-21,23-34,46-47H2,1-2H3,(H,48,49). The third-order valence-corrected chi connectivity index (χ3v) is 13.3. The van der Waals surface area contributed by atoms with E-state index in [1.165, 1.54) is 44.9 Å². The van der Waals surface area contributed by atoms with E-state index in [4.69, 9.17) is 30.7 Å². The first-order valence-corrected chi connectivity index (χ1v) is 23.5. The van der Waals surface area contributed by atoms with E-state index in [0.29, 0.717) is 64.4 Å². The number of nitrogens with two attached hydrogens (primary N) is 2. The molecule has 0 saturated carbocycles. The molecule has 0 aromatic rings. The van der Waals surface area contributed by atoms with E-state index < -0.39 is 35.2 Å². The molecule has 0 aromatic heterocycles. The highest BCUT2D eigenvalue weighted by Crippen LogP contribution is 2.54. The van der Waals surface area contributed by atoms with Crippen molar-refractivity contribution in [2.45, 2.75) is 216 Å². The first-order chi connectivity index (χ1) is 28.1. The number of ether oxygens (including phenoxy) is 3. The van der Waals surface area contributed by atoms with Gasteiger partial charge in [0.2, 0.25) is 11.9 Å². The van der Waals surface area contributed by atoms with Gasteiger partial charge in [0.25, 0.3) is 0 Å². The van der Waals surface area contributed by atoms with Crippen molar-refractivity contribution in [1.29, 1.82) is 0 Å². The Labute approximate surface area is 349 Å². The quantitative estimate of drug-likeness (QED) is 0.0405. The Morgan fingerprint density at radius 1 is 0.966 bits per heavy atom. The Morgan fingerprint density at radius 2 is 1.66 bits per heavy atom. The molecule has 8 atom stereocenters. The predicted molar refractivity (Wildman–Crippen MR) is 227 cm³/mol. The molecular formula is C45H80N6O7. The molecule has 1 amide bonds. The Kier molecular flexibility index (Phi) is 18.6. The number of amides is 1. The molecule has 3 fully saturated rings. The average Bonchev–Trinajstić information content (AvgIpc) is 3.40. The van der Waals surface area contributed by atoms with Gasteiger partial charge in [-0.1, -0.05) is 89.7 Å². The molecule has 7 N–H and O–H groups in total. The molecule has 2 spiro atoms. The van der Waals surface area contributed by atoms with Crippen molar-refractivity contribution >= 4 is 17.8 Å². The van der Waals surface area contributed by atoms with Crippen LogP contribution < -0.4 is 16.8 Å². The first kappa shape index (κ1) is 46.8. The summed E-state index contributed by atoms with van der Waals surface area (Å²) in [5.74, 6) is -0.591. The third-order valence-electron chi connectivity index (χ3n) is 13.3. The molecule has 3 saturated heterocycles. The lowest BCUT2D eigenvalue weighted by molar-refractivity contribution is -0.243. The average molecular weight is 817 g/mol. The highest BCUT2D eigenvalue weighted by atomic mass is 16.6. The van der Waals surface area contributed by atoms with Gasteiger partial charge >= 0.3 is 5.97 Å². The fourth-order valence-corrected chi connectivity index (χ4v) is 10.2. The number of hydrogen-bond acceptors (Lipinski definition) is 12. The molecule has 5 aliphatic rings. The molecule has 332 valence electrons.